The number of carbonyl (C=O) groups is 1. The van der Waals surface area contributed by atoms with Crippen LogP contribution in [0.25, 0.3) is 0 Å². The largest absolute Gasteiger partial charge is 0.323 e. The SMILES string of the molecule is CCc1cccc(C)c1NC(=O)N1CCS(=O)(=O)CC(C)C1. The van der Waals surface area contributed by atoms with E-state index in [4.69, 9.17) is 0 Å². The third-order valence-electron chi connectivity index (χ3n) is 4.00. The molecule has 1 aromatic carbocycles. The molecule has 1 saturated heterocycles. The van der Waals surface area contributed by atoms with Crippen molar-refractivity contribution in [2.45, 2.75) is 27.2 Å². The molecular formula is C16H24N2O3S. The van der Waals surface area contributed by atoms with Gasteiger partial charge in [-0.05, 0) is 30.4 Å². The molecule has 1 fully saturated rings. The highest BCUT2D eigenvalue weighted by Crippen LogP contribution is 2.22. The smallest absolute Gasteiger partial charge is 0.321 e. The van der Waals surface area contributed by atoms with Crippen LogP contribution in [-0.4, -0.2) is 43.9 Å². The number of hydrogen-bond acceptors (Lipinski definition) is 3. The number of nitrogens with one attached hydrogen (secondary N) is 1. The van der Waals surface area contributed by atoms with E-state index in [0.29, 0.717) is 6.54 Å². The third-order valence-corrected chi connectivity index (χ3v) is 5.88. The number of hydrogen-bond donors (Lipinski definition) is 1. The standard InChI is InChI=1S/C16H24N2O3S/c1-4-14-7-5-6-13(3)15(14)17-16(19)18-8-9-22(20,21)11-12(2)10-18/h5-7,12H,4,8-11H2,1-3H3,(H,17,19). The molecule has 0 radical (unpaired) electrons. The van der Waals surface area contributed by atoms with Gasteiger partial charge in [0.2, 0.25) is 0 Å². The van der Waals surface area contributed by atoms with Crippen LogP contribution in [0, 0.1) is 12.8 Å². The zero-order chi connectivity index (χ0) is 16.3. The molecule has 1 aromatic rings. The Morgan fingerprint density at radius 2 is 2.14 bits per heavy atom. The van der Waals surface area contributed by atoms with Crippen molar-refractivity contribution in [1.82, 2.24) is 4.90 Å². The van der Waals surface area contributed by atoms with Gasteiger partial charge in [0.25, 0.3) is 0 Å². The summed E-state index contributed by atoms with van der Waals surface area (Å²) < 4.78 is 23.6. The number of carbonyl (C=O) groups excluding carboxylic acids is 1. The predicted molar refractivity (Wildman–Crippen MR) is 89.0 cm³/mol. The summed E-state index contributed by atoms with van der Waals surface area (Å²) in [5.74, 6) is 0.154. The van der Waals surface area contributed by atoms with E-state index in [0.717, 1.165) is 23.2 Å². The van der Waals surface area contributed by atoms with Crippen molar-refractivity contribution in [2.24, 2.45) is 5.92 Å². The van der Waals surface area contributed by atoms with Gasteiger partial charge in [0.1, 0.15) is 0 Å². The monoisotopic (exact) mass is 324 g/mol. The first kappa shape index (κ1) is 16.8. The molecule has 0 saturated carbocycles. The van der Waals surface area contributed by atoms with Crippen molar-refractivity contribution in [2.75, 3.05) is 29.9 Å². The molecule has 1 aliphatic heterocycles. The normalized spacial score (nSPS) is 21.2. The van der Waals surface area contributed by atoms with Crippen LogP contribution in [0.4, 0.5) is 10.5 Å². The maximum atomic E-state index is 12.5. The highest BCUT2D eigenvalue weighted by Gasteiger charge is 2.27. The fourth-order valence-electron chi connectivity index (χ4n) is 2.86. The minimum absolute atomic E-state index is 0.0408. The highest BCUT2D eigenvalue weighted by atomic mass is 32.2. The molecule has 1 N–H and O–H groups in total. The van der Waals surface area contributed by atoms with Crippen LogP contribution in [-0.2, 0) is 16.3 Å². The van der Waals surface area contributed by atoms with E-state index < -0.39 is 9.84 Å². The van der Waals surface area contributed by atoms with Crippen LogP contribution < -0.4 is 5.32 Å². The number of rotatable bonds is 2. The van der Waals surface area contributed by atoms with Gasteiger partial charge in [-0.15, -0.1) is 0 Å². The van der Waals surface area contributed by atoms with Gasteiger partial charge in [0.15, 0.2) is 9.84 Å². The van der Waals surface area contributed by atoms with Gasteiger partial charge in [-0.2, -0.15) is 0 Å². The molecule has 0 aliphatic carbocycles. The number of aryl methyl sites for hydroxylation is 2. The second-order valence-corrected chi connectivity index (χ2v) is 8.29. The van der Waals surface area contributed by atoms with Gasteiger partial charge in [0.05, 0.1) is 11.5 Å². The molecule has 0 bridgehead atoms. The molecule has 22 heavy (non-hydrogen) atoms. The maximum Gasteiger partial charge on any atom is 0.321 e. The van der Waals surface area contributed by atoms with Crippen molar-refractivity contribution < 1.29 is 13.2 Å². The first-order chi connectivity index (χ1) is 10.3. The van der Waals surface area contributed by atoms with E-state index in [-0.39, 0.29) is 30.0 Å². The summed E-state index contributed by atoms with van der Waals surface area (Å²) in [7, 11) is -3.05. The van der Waals surface area contributed by atoms with Crippen molar-refractivity contribution in [1.29, 1.82) is 0 Å². The molecule has 1 aliphatic rings. The fourth-order valence-corrected chi connectivity index (χ4v) is 4.50. The Labute approximate surface area is 132 Å². The molecule has 0 spiro atoms. The van der Waals surface area contributed by atoms with Crippen LogP contribution in [0.3, 0.4) is 0 Å². The summed E-state index contributed by atoms with van der Waals surface area (Å²) in [6.45, 7) is 6.61. The van der Waals surface area contributed by atoms with Crippen molar-refractivity contribution in [3.05, 3.63) is 29.3 Å². The molecule has 2 amide bonds. The first-order valence-electron chi connectivity index (χ1n) is 7.67. The molecule has 5 nitrogen and oxygen atoms in total. The summed E-state index contributed by atoms with van der Waals surface area (Å²) >= 11 is 0. The van der Waals surface area contributed by atoms with Crippen molar-refractivity contribution >= 4 is 21.6 Å². The van der Waals surface area contributed by atoms with E-state index in [9.17, 15) is 13.2 Å². The number of para-hydroxylation sites is 1. The quantitative estimate of drug-likeness (QED) is 0.909. The Morgan fingerprint density at radius 1 is 1.41 bits per heavy atom. The zero-order valence-corrected chi connectivity index (χ0v) is 14.2. The number of amides is 2. The number of benzene rings is 1. The highest BCUT2D eigenvalue weighted by molar-refractivity contribution is 7.91. The van der Waals surface area contributed by atoms with Crippen LogP contribution >= 0.6 is 0 Å². The van der Waals surface area contributed by atoms with Gasteiger partial charge >= 0.3 is 6.03 Å². The second kappa shape index (κ2) is 6.69. The molecule has 6 heteroatoms. The van der Waals surface area contributed by atoms with Gasteiger partial charge in [0, 0.05) is 18.8 Å². The average molecular weight is 324 g/mol. The molecular weight excluding hydrogens is 300 g/mol. The summed E-state index contributed by atoms with van der Waals surface area (Å²) in [5.41, 5.74) is 2.95. The van der Waals surface area contributed by atoms with Crippen LogP contribution in [0.15, 0.2) is 18.2 Å². The zero-order valence-electron chi connectivity index (χ0n) is 13.4. The third kappa shape index (κ3) is 4.00. The first-order valence-corrected chi connectivity index (χ1v) is 9.49. The van der Waals surface area contributed by atoms with E-state index in [2.05, 4.69) is 5.32 Å². The average Bonchev–Trinajstić information content (AvgIpc) is 2.58. The predicted octanol–water partition coefficient (Wildman–Crippen LogP) is 2.46. The van der Waals surface area contributed by atoms with Crippen LogP contribution in [0.2, 0.25) is 0 Å². The van der Waals surface area contributed by atoms with Crippen molar-refractivity contribution in [3.8, 4) is 0 Å². The van der Waals surface area contributed by atoms with Gasteiger partial charge < -0.3 is 10.2 Å². The Kier molecular flexibility index (Phi) is 5.11. The van der Waals surface area contributed by atoms with E-state index in [1.807, 2.05) is 39.0 Å². The molecule has 1 atom stereocenters. The molecule has 122 valence electrons. The fraction of sp³-hybridized carbons (Fsp3) is 0.562. The lowest BCUT2D eigenvalue weighted by Crippen LogP contribution is -2.38. The van der Waals surface area contributed by atoms with E-state index in [1.54, 1.807) is 4.90 Å². The van der Waals surface area contributed by atoms with Gasteiger partial charge in [-0.3, -0.25) is 0 Å². The molecule has 2 rings (SSSR count). The molecule has 1 heterocycles. The molecule has 0 aromatic heterocycles. The van der Waals surface area contributed by atoms with Gasteiger partial charge in [-0.1, -0.05) is 32.0 Å². The Hall–Kier alpha value is -1.56. The van der Waals surface area contributed by atoms with Crippen molar-refractivity contribution in [3.63, 3.8) is 0 Å². The minimum atomic E-state index is -3.05. The molecule has 1 unspecified atom stereocenters. The lowest BCUT2D eigenvalue weighted by molar-refractivity contribution is 0.210. The van der Waals surface area contributed by atoms with E-state index in [1.165, 1.54) is 0 Å². The van der Waals surface area contributed by atoms with Crippen LogP contribution in [0.5, 0.6) is 0 Å². The number of urea groups is 1. The van der Waals surface area contributed by atoms with Gasteiger partial charge in [-0.25, -0.2) is 13.2 Å². The lowest BCUT2D eigenvalue weighted by Gasteiger charge is -2.24. The number of sulfone groups is 1. The van der Waals surface area contributed by atoms with E-state index >= 15 is 0 Å². The Balaban J connectivity index is 2.16. The Bertz CT molecular complexity index is 655. The topological polar surface area (TPSA) is 66.5 Å². The number of nitrogens with zero attached hydrogens (tertiary/aromatic N) is 1. The maximum absolute atomic E-state index is 12.5. The number of anilines is 1. The second-order valence-electron chi connectivity index (χ2n) is 6.06. The summed E-state index contributed by atoms with van der Waals surface area (Å²) in [5, 5.41) is 2.97. The lowest BCUT2D eigenvalue weighted by atomic mass is 10.1. The van der Waals surface area contributed by atoms with Crippen LogP contribution in [0.1, 0.15) is 25.0 Å². The Morgan fingerprint density at radius 3 is 2.82 bits per heavy atom. The summed E-state index contributed by atoms with van der Waals surface area (Å²) in [6.07, 6.45) is 0.835. The summed E-state index contributed by atoms with van der Waals surface area (Å²) in [4.78, 5) is 14.1. The minimum Gasteiger partial charge on any atom is -0.323 e. The summed E-state index contributed by atoms with van der Waals surface area (Å²) in [6, 6.07) is 5.72.